The molecule has 0 spiro atoms. The van der Waals surface area contributed by atoms with Crippen LogP contribution < -0.4 is 4.74 Å². The molecule has 7 heteroatoms. The van der Waals surface area contributed by atoms with Crippen molar-refractivity contribution in [2.24, 2.45) is 0 Å². The van der Waals surface area contributed by atoms with Crippen molar-refractivity contribution < 1.29 is 18.3 Å². The summed E-state index contributed by atoms with van der Waals surface area (Å²) < 4.78 is 32.2. The van der Waals surface area contributed by atoms with Crippen molar-refractivity contribution in [2.45, 2.75) is 18.9 Å². The van der Waals surface area contributed by atoms with Crippen LogP contribution in [-0.2, 0) is 0 Å². The molecule has 1 amide bonds. The third-order valence-corrected chi connectivity index (χ3v) is 4.46. The molecular weight excluding hydrogens is 371 g/mol. The Balaban J connectivity index is 1.60. The number of hydrogen-bond acceptors (Lipinski definition) is 2. The van der Waals surface area contributed by atoms with Gasteiger partial charge in [-0.2, -0.15) is 0 Å². The second-order valence-electron chi connectivity index (χ2n) is 5.84. The van der Waals surface area contributed by atoms with Gasteiger partial charge in [0.1, 0.15) is 11.9 Å². The van der Waals surface area contributed by atoms with E-state index < -0.39 is 11.6 Å². The number of piperidine rings is 1. The number of amides is 1. The minimum atomic E-state index is -0.730. The number of likely N-dealkylation sites (tertiary alicyclic amines) is 1. The van der Waals surface area contributed by atoms with Gasteiger partial charge in [0.15, 0.2) is 11.6 Å². The molecular formula is C18H15Cl2F2NO2. The van der Waals surface area contributed by atoms with Crippen molar-refractivity contribution >= 4 is 29.1 Å². The molecule has 0 aliphatic carbocycles. The van der Waals surface area contributed by atoms with Crippen LogP contribution in [0.25, 0.3) is 0 Å². The van der Waals surface area contributed by atoms with Gasteiger partial charge in [-0.15, -0.1) is 0 Å². The highest BCUT2D eigenvalue weighted by molar-refractivity contribution is 6.35. The summed E-state index contributed by atoms with van der Waals surface area (Å²) in [6.45, 7) is 0.937. The van der Waals surface area contributed by atoms with E-state index in [0.717, 1.165) is 12.1 Å². The number of carbonyl (C=O) groups is 1. The van der Waals surface area contributed by atoms with Gasteiger partial charge >= 0.3 is 0 Å². The lowest BCUT2D eigenvalue weighted by Crippen LogP contribution is -2.41. The topological polar surface area (TPSA) is 29.5 Å². The lowest BCUT2D eigenvalue weighted by Gasteiger charge is -2.32. The molecule has 0 atom stereocenters. The zero-order chi connectivity index (χ0) is 18.0. The van der Waals surface area contributed by atoms with Crippen molar-refractivity contribution in [2.75, 3.05) is 13.1 Å². The molecule has 3 nitrogen and oxygen atoms in total. The largest absolute Gasteiger partial charge is 0.487 e. The first kappa shape index (κ1) is 18.0. The normalized spacial score (nSPS) is 15.3. The van der Waals surface area contributed by atoms with E-state index >= 15 is 0 Å². The summed E-state index contributed by atoms with van der Waals surface area (Å²) in [6, 6.07) is 7.93. The summed E-state index contributed by atoms with van der Waals surface area (Å²) in [6.07, 6.45) is 0.875. The molecule has 1 aliphatic heterocycles. The first-order valence-corrected chi connectivity index (χ1v) is 8.55. The van der Waals surface area contributed by atoms with Gasteiger partial charge in [0.05, 0.1) is 0 Å². The maximum Gasteiger partial charge on any atom is 0.253 e. The summed E-state index contributed by atoms with van der Waals surface area (Å²) >= 11 is 11.9. The fraction of sp³-hybridized carbons (Fsp3) is 0.278. The summed E-state index contributed by atoms with van der Waals surface area (Å²) in [5.41, 5.74) is 0.432. The van der Waals surface area contributed by atoms with E-state index in [4.69, 9.17) is 27.9 Å². The molecule has 1 aliphatic rings. The average molecular weight is 386 g/mol. The minimum Gasteiger partial charge on any atom is -0.487 e. The van der Waals surface area contributed by atoms with E-state index in [1.54, 1.807) is 23.1 Å². The Labute approximate surface area is 154 Å². The van der Waals surface area contributed by atoms with E-state index in [9.17, 15) is 13.6 Å². The monoisotopic (exact) mass is 385 g/mol. The number of hydrogen-bond donors (Lipinski definition) is 0. The molecule has 0 saturated carbocycles. The summed E-state index contributed by atoms with van der Waals surface area (Å²) in [5.74, 6) is -1.51. The number of halogens is 4. The second kappa shape index (κ2) is 7.58. The van der Waals surface area contributed by atoms with Crippen LogP contribution >= 0.6 is 23.2 Å². The number of nitrogens with zero attached hydrogens (tertiary/aromatic N) is 1. The number of rotatable bonds is 3. The number of benzene rings is 2. The van der Waals surface area contributed by atoms with Crippen molar-refractivity contribution in [1.82, 2.24) is 4.90 Å². The van der Waals surface area contributed by atoms with E-state index in [1.807, 2.05) is 0 Å². The highest BCUT2D eigenvalue weighted by atomic mass is 35.5. The first-order valence-electron chi connectivity index (χ1n) is 7.79. The van der Waals surface area contributed by atoms with Crippen LogP contribution in [0, 0.1) is 11.6 Å². The van der Waals surface area contributed by atoms with E-state index in [1.165, 1.54) is 6.07 Å². The number of carbonyl (C=O) groups excluding carboxylic acids is 1. The van der Waals surface area contributed by atoms with Crippen LogP contribution in [0.2, 0.25) is 10.0 Å². The lowest BCUT2D eigenvalue weighted by atomic mass is 10.1. The molecule has 1 saturated heterocycles. The smallest absolute Gasteiger partial charge is 0.253 e. The molecule has 132 valence electrons. The van der Waals surface area contributed by atoms with Gasteiger partial charge in [0.2, 0.25) is 0 Å². The van der Waals surface area contributed by atoms with Crippen LogP contribution in [0.1, 0.15) is 23.2 Å². The highest BCUT2D eigenvalue weighted by Crippen LogP contribution is 2.25. The Bertz CT molecular complexity index is 772. The summed E-state index contributed by atoms with van der Waals surface area (Å²) in [7, 11) is 0. The molecule has 2 aromatic carbocycles. The second-order valence-corrected chi connectivity index (χ2v) is 6.72. The zero-order valence-electron chi connectivity index (χ0n) is 13.1. The van der Waals surface area contributed by atoms with Crippen LogP contribution in [0.4, 0.5) is 8.78 Å². The molecule has 25 heavy (non-hydrogen) atoms. The fourth-order valence-corrected chi connectivity index (χ4v) is 3.31. The Kier molecular flexibility index (Phi) is 5.45. The van der Waals surface area contributed by atoms with Crippen molar-refractivity contribution in [1.29, 1.82) is 0 Å². The lowest BCUT2D eigenvalue weighted by molar-refractivity contribution is 0.0588. The van der Waals surface area contributed by atoms with Gasteiger partial charge in [0, 0.05) is 47.6 Å². The molecule has 0 unspecified atom stereocenters. The van der Waals surface area contributed by atoms with E-state index in [0.29, 0.717) is 41.5 Å². The quantitative estimate of drug-likeness (QED) is 0.747. The third kappa shape index (κ3) is 4.41. The van der Waals surface area contributed by atoms with Gasteiger partial charge in [-0.1, -0.05) is 23.2 Å². The minimum absolute atomic E-state index is 0.0211. The van der Waals surface area contributed by atoms with Gasteiger partial charge in [-0.3, -0.25) is 4.79 Å². The van der Waals surface area contributed by atoms with Crippen LogP contribution in [0.5, 0.6) is 5.75 Å². The molecule has 0 N–H and O–H groups in total. The van der Waals surface area contributed by atoms with Gasteiger partial charge < -0.3 is 9.64 Å². The molecule has 0 bridgehead atoms. The average Bonchev–Trinajstić information content (AvgIpc) is 2.56. The fourth-order valence-electron chi connectivity index (χ4n) is 2.79. The SMILES string of the molecule is O=C(c1cc(Cl)cc(Cl)c1)N1CCC(Oc2ccc(F)cc2F)CC1. The highest BCUT2D eigenvalue weighted by Gasteiger charge is 2.25. The third-order valence-electron chi connectivity index (χ3n) is 4.03. The van der Waals surface area contributed by atoms with Gasteiger partial charge in [-0.05, 0) is 30.3 Å². The molecule has 0 aromatic heterocycles. The Morgan fingerprint density at radius 3 is 2.28 bits per heavy atom. The van der Waals surface area contributed by atoms with Gasteiger partial charge in [0.25, 0.3) is 5.91 Å². The van der Waals surface area contributed by atoms with E-state index in [-0.39, 0.29) is 17.8 Å². The van der Waals surface area contributed by atoms with Crippen LogP contribution in [-0.4, -0.2) is 30.0 Å². The van der Waals surface area contributed by atoms with Crippen molar-refractivity contribution in [3.05, 3.63) is 63.6 Å². The summed E-state index contributed by atoms with van der Waals surface area (Å²) in [4.78, 5) is 14.2. The molecule has 1 fully saturated rings. The Hall–Kier alpha value is -1.85. The predicted molar refractivity (Wildman–Crippen MR) is 92.4 cm³/mol. The Morgan fingerprint density at radius 1 is 1.04 bits per heavy atom. The molecule has 1 heterocycles. The van der Waals surface area contributed by atoms with Crippen molar-refractivity contribution in [3.63, 3.8) is 0 Å². The maximum atomic E-state index is 13.7. The maximum absolute atomic E-state index is 13.7. The predicted octanol–water partition coefficient (Wildman–Crippen LogP) is 4.96. The van der Waals surface area contributed by atoms with Crippen LogP contribution in [0.15, 0.2) is 36.4 Å². The van der Waals surface area contributed by atoms with Crippen LogP contribution in [0.3, 0.4) is 0 Å². The number of ether oxygens (including phenoxy) is 1. The first-order chi connectivity index (χ1) is 11.9. The van der Waals surface area contributed by atoms with Gasteiger partial charge in [-0.25, -0.2) is 8.78 Å². The zero-order valence-corrected chi connectivity index (χ0v) is 14.7. The van der Waals surface area contributed by atoms with E-state index in [2.05, 4.69) is 0 Å². The molecule has 2 aromatic rings. The Morgan fingerprint density at radius 2 is 1.68 bits per heavy atom. The summed E-state index contributed by atoms with van der Waals surface area (Å²) in [5, 5.41) is 0.807. The molecule has 3 rings (SSSR count). The van der Waals surface area contributed by atoms with Crippen molar-refractivity contribution in [3.8, 4) is 5.75 Å². The standard InChI is InChI=1S/C18H15Cl2F2NO2/c19-12-7-11(8-13(20)9-12)18(24)23-5-3-15(4-6-23)25-17-2-1-14(21)10-16(17)22/h1-2,7-10,15H,3-6H2. The molecule has 0 radical (unpaired) electrons.